The Bertz CT molecular complexity index is 709. The second kappa shape index (κ2) is 6.11. The first kappa shape index (κ1) is 15.7. The van der Waals surface area contributed by atoms with Crippen LogP contribution in [0.3, 0.4) is 0 Å². The zero-order chi connectivity index (χ0) is 14.4. The standard InChI is InChI=1S/C16H17ClN2O2.ClH/c17-10-4-5-13-12(8-10)11-6-7-18-15(14(11)19-13)21-16(20)9-2-1-3-9;/h4-5,8-9,15,18-19H,1-3,6-7H2;1H. The first-order valence-electron chi connectivity index (χ1n) is 7.46. The van der Waals surface area contributed by atoms with Crippen LogP contribution >= 0.6 is 24.0 Å². The number of carbonyl (C=O) groups excluding carboxylic acids is 1. The predicted octanol–water partition coefficient (Wildman–Crippen LogP) is 3.73. The quantitative estimate of drug-likeness (QED) is 0.819. The van der Waals surface area contributed by atoms with E-state index < -0.39 is 0 Å². The summed E-state index contributed by atoms with van der Waals surface area (Å²) < 4.78 is 5.67. The van der Waals surface area contributed by atoms with Crippen LogP contribution in [0, 0.1) is 5.92 Å². The van der Waals surface area contributed by atoms with Crippen molar-refractivity contribution in [2.45, 2.75) is 31.9 Å². The van der Waals surface area contributed by atoms with Gasteiger partial charge in [0.15, 0.2) is 6.23 Å². The highest BCUT2D eigenvalue weighted by Gasteiger charge is 2.32. The fraction of sp³-hybridized carbons (Fsp3) is 0.438. The summed E-state index contributed by atoms with van der Waals surface area (Å²) in [5.41, 5.74) is 3.21. The molecule has 0 saturated heterocycles. The average molecular weight is 341 g/mol. The Morgan fingerprint density at radius 2 is 2.14 bits per heavy atom. The van der Waals surface area contributed by atoms with Gasteiger partial charge in [-0.1, -0.05) is 18.0 Å². The van der Waals surface area contributed by atoms with E-state index >= 15 is 0 Å². The Morgan fingerprint density at radius 3 is 2.86 bits per heavy atom. The number of nitrogens with one attached hydrogen (secondary N) is 2. The number of halogens is 2. The van der Waals surface area contributed by atoms with Crippen molar-refractivity contribution in [3.8, 4) is 0 Å². The van der Waals surface area contributed by atoms with E-state index in [9.17, 15) is 4.79 Å². The summed E-state index contributed by atoms with van der Waals surface area (Å²) in [7, 11) is 0. The molecule has 0 spiro atoms. The molecule has 22 heavy (non-hydrogen) atoms. The van der Waals surface area contributed by atoms with E-state index in [1.807, 2.05) is 18.2 Å². The summed E-state index contributed by atoms with van der Waals surface area (Å²) in [5, 5.41) is 5.13. The van der Waals surface area contributed by atoms with E-state index in [2.05, 4.69) is 10.3 Å². The molecule has 1 unspecified atom stereocenters. The highest BCUT2D eigenvalue weighted by Crippen LogP contribution is 2.34. The lowest BCUT2D eigenvalue weighted by atomic mass is 9.86. The molecule has 1 fully saturated rings. The van der Waals surface area contributed by atoms with Gasteiger partial charge in [-0.25, -0.2) is 0 Å². The number of ether oxygens (including phenoxy) is 1. The van der Waals surface area contributed by atoms with Gasteiger partial charge in [0.25, 0.3) is 0 Å². The maximum Gasteiger partial charge on any atom is 0.310 e. The molecule has 4 nitrogen and oxygen atoms in total. The van der Waals surface area contributed by atoms with Crippen LogP contribution in [0.1, 0.15) is 36.7 Å². The van der Waals surface area contributed by atoms with Crippen molar-refractivity contribution >= 4 is 40.9 Å². The normalized spacial score (nSPS) is 20.9. The van der Waals surface area contributed by atoms with Gasteiger partial charge >= 0.3 is 5.97 Å². The SMILES string of the molecule is Cl.O=C(OC1NCCc2c1[nH]c1ccc(Cl)cc21)C1CCC1. The Kier molecular flexibility index (Phi) is 4.35. The lowest BCUT2D eigenvalue weighted by Gasteiger charge is -2.29. The van der Waals surface area contributed by atoms with Gasteiger partial charge in [0.2, 0.25) is 0 Å². The fourth-order valence-corrected chi connectivity index (χ4v) is 3.29. The van der Waals surface area contributed by atoms with E-state index in [4.69, 9.17) is 16.3 Å². The molecular formula is C16H18Cl2N2O2. The van der Waals surface area contributed by atoms with Crippen molar-refractivity contribution in [2.24, 2.45) is 5.92 Å². The number of fused-ring (bicyclic) bond motifs is 3. The Balaban J connectivity index is 0.00000144. The highest BCUT2D eigenvalue weighted by atomic mass is 35.5. The third-order valence-corrected chi connectivity index (χ3v) is 4.78. The van der Waals surface area contributed by atoms with Crippen molar-refractivity contribution in [3.05, 3.63) is 34.5 Å². The van der Waals surface area contributed by atoms with Crippen LogP contribution in [-0.2, 0) is 16.0 Å². The van der Waals surface area contributed by atoms with Gasteiger partial charge in [0, 0.05) is 22.5 Å². The molecule has 2 aromatic rings. The van der Waals surface area contributed by atoms with E-state index in [1.165, 1.54) is 5.56 Å². The van der Waals surface area contributed by atoms with Crippen LogP contribution in [0.5, 0.6) is 0 Å². The monoisotopic (exact) mass is 340 g/mol. The molecule has 0 amide bonds. The first-order valence-corrected chi connectivity index (χ1v) is 7.84. The van der Waals surface area contributed by atoms with Gasteiger partial charge in [-0.3, -0.25) is 10.1 Å². The molecule has 0 radical (unpaired) electrons. The number of carbonyl (C=O) groups is 1. The lowest BCUT2D eigenvalue weighted by molar-refractivity contribution is -0.159. The zero-order valence-electron chi connectivity index (χ0n) is 12.0. The van der Waals surface area contributed by atoms with Crippen molar-refractivity contribution in [1.29, 1.82) is 0 Å². The third kappa shape index (κ3) is 2.60. The number of aromatic amines is 1. The molecule has 1 atom stereocenters. The maximum atomic E-state index is 12.1. The molecule has 1 aliphatic heterocycles. The molecular weight excluding hydrogens is 323 g/mol. The summed E-state index contributed by atoms with van der Waals surface area (Å²) in [6, 6.07) is 5.82. The van der Waals surface area contributed by atoms with Gasteiger partial charge in [-0.05, 0) is 43.0 Å². The average Bonchev–Trinajstić information content (AvgIpc) is 2.76. The van der Waals surface area contributed by atoms with Crippen LogP contribution in [-0.4, -0.2) is 17.5 Å². The topological polar surface area (TPSA) is 54.1 Å². The van der Waals surface area contributed by atoms with Crippen LogP contribution in [0.15, 0.2) is 18.2 Å². The molecule has 1 aromatic heterocycles. The highest BCUT2D eigenvalue weighted by molar-refractivity contribution is 6.31. The molecule has 1 saturated carbocycles. The summed E-state index contributed by atoms with van der Waals surface area (Å²) in [6.45, 7) is 0.801. The minimum atomic E-state index is -0.368. The van der Waals surface area contributed by atoms with Crippen molar-refractivity contribution in [2.75, 3.05) is 6.54 Å². The first-order chi connectivity index (χ1) is 10.2. The third-order valence-electron chi connectivity index (χ3n) is 4.54. The number of H-pyrrole nitrogens is 1. The zero-order valence-corrected chi connectivity index (χ0v) is 13.6. The predicted molar refractivity (Wildman–Crippen MR) is 88.4 cm³/mol. The van der Waals surface area contributed by atoms with Gasteiger partial charge in [0.05, 0.1) is 11.6 Å². The van der Waals surface area contributed by atoms with Crippen molar-refractivity contribution in [1.82, 2.24) is 10.3 Å². The number of hydrogen-bond acceptors (Lipinski definition) is 3. The molecule has 1 aliphatic carbocycles. The van der Waals surface area contributed by atoms with Crippen LogP contribution in [0.4, 0.5) is 0 Å². The molecule has 6 heteroatoms. The number of aromatic nitrogens is 1. The van der Waals surface area contributed by atoms with Crippen LogP contribution in [0.25, 0.3) is 10.9 Å². The minimum absolute atomic E-state index is 0. The molecule has 1 aromatic carbocycles. The Labute approximate surface area is 140 Å². The van der Waals surface area contributed by atoms with E-state index in [1.54, 1.807) is 0 Å². The molecule has 2 N–H and O–H groups in total. The Hall–Kier alpha value is -1.23. The summed E-state index contributed by atoms with van der Waals surface area (Å²) in [5.74, 6) is 0.0132. The minimum Gasteiger partial charge on any atom is -0.440 e. The van der Waals surface area contributed by atoms with Crippen molar-refractivity contribution < 1.29 is 9.53 Å². The van der Waals surface area contributed by atoms with Gasteiger partial charge in [0.1, 0.15) is 0 Å². The smallest absolute Gasteiger partial charge is 0.310 e. The number of hydrogen-bond donors (Lipinski definition) is 2. The summed E-state index contributed by atoms with van der Waals surface area (Å²) in [6.07, 6.45) is 3.59. The summed E-state index contributed by atoms with van der Waals surface area (Å²) >= 11 is 6.09. The summed E-state index contributed by atoms with van der Waals surface area (Å²) in [4.78, 5) is 15.5. The molecule has 2 aliphatic rings. The van der Waals surface area contributed by atoms with E-state index in [-0.39, 0.29) is 30.5 Å². The number of esters is 1. The van der Waals surface area contributed by atoms with Crippen molar-refractivity contribution in [3.63, 3.8) is 0 Å². The number of rotatable bonds is 2. The second-order valence-electron chi connectivity index (χ2n) is 5.86. The van der Waals surface area contributed by atoms with Crippen LogP contribution < -0.4 is 5.32 Å². The number of benzene rings is 1. The van der Waals surface area contributed by atoms with Gasteiger partial charge in [-0.2, -0.15) is 0 Å². The van der Waals surface area contributed by atoms with E-state index in [0.29, 0.717) is 0 Å². The van der Waals surface area contributed by atoms with Gasteiger partial charge < -0.3 is 9.72 Å². The lowest BCUT2D eigenvalue weighted by Crippen LogP contribution is -2.35. The fourth-order valence-electron chi connectivity index (χ4n) is 3.12. The maximum absolute atomic E-state index is 12.1. The van der Waals surface area contributed by atoms with Crippen LogP contribution in [0.2, 0.25) is 5.02 Å². The molecule has 118 valence electrons. The Morgan fingerprint density at radius 1 is 1.32 bits per heavy atom. The molecule has 2 heterocycles. The molecule has 0 bridgehead atoms. The van der Waals surface area contributed by atoms with Gasteiger partial charge in [-0.15, -0.1) is 12.4 Å². The van der Waals surface area contributed by atoms with E-state index in [0.717, 1.165) is 53.8 Å². The molecule has 4 rings (SSSR count). The largest absolute Gasteiger partial charge is 0.440 e. The second-order valence-corrected chi connectivity index (χ2v) is 6.29.